The molecule has 1 N–H and O–H groups in total. The van der Waals surface area contributed by atoms with Crippen LogP contribution in [0.2, 0.25) is 0 Å². The van der Waals surface area contributed by atoms with Crippen LogP contribution in [-0.2, 0) is 4.79 Å². The van der Waals surface area contributed by atoms with Gasteiger partial charge in [-0.3, -0.25) is 4.79 Å². The molecule has 3 atom stereocenters. The number of fused-ring (bicyclic) bond motifs is 1. The van der Waals surface area contributed by atoms with Crippen molar-refractivity contribution in [1.82, 2.24) is 4.90 Å². The summed E-state index contributed by atoms with van der Waals surface area (Å²) in [4.78, 5) is 12.8. The van der Waals surface area contributed by atoms with Gasteiger partial charge in [-0.2, -0.15) is 0 Å². The number of aliphatic hydroxyl groups is 1. The topological polar surface area (TPSA) is 40.5 Å². The van der Waals surface area contributed by atoms with Crippen molar-refractivity contribution in [1.29, 1.82) is 0 Å². The Bertz CT molecular complexity index is 195. The molecule has 0 aliphatic carbocycles. The van der Waals surface area contributed by atoms with E-state index < -0.39 is 0 Å². The van der Waals surface area contributed by atoms with Gasteiger partial charge in [-0.25, -0.2) is 0 Å². The third-order valence-corrected chi connectivity index (χ3v) is 3.89. The molecule has 4 heteroatoms. The number of β-lactam (4-membered cyclic amide) rings is 1. The molecule has 0 saturated carbocycles. The van der Waals surface area contributed by atoms with E-state index in [-0.39, 0.29) is 17.3 Å². The predicted octanol–water partition coefficient (Wildman–Crippen LogP) is 0.0410. The zero-order valence-electron chi connectivity index (χ0n) is 6.36. The van der Waals surface area contributed by atoms with Crippen LogP contribution < -0.4 is 0 Å². The molecule has 2 aliphatic rings. The lowest BCUT2D eigenvalue weighted by atomic mass is 10.2. The third kappa shape index (κ3) is 1.05. The molecule has 0 aromatic heterocycles. The number of carbonyl (C=O) groups excluding carboxylic acids is 1. The van der Waals surface area contributed by atoms with Gasteiger partial charge in [0.25, 0.3) is 0 Å². The van der Waals surface area contributed by atoms with E-state index in [2.05, 4.69) is 0 Å². The lowest BCUT2D eigenvalue weighted by Crippen LogP contribution is -2.47. The van der Waals surface area contributed by atoms with E-state index in [1.807, 2.05) is 4.90 Å². The molecular formula is C7H11NO2S. The summed E-state index contributed by atoms with van der Waals surface area (Å²) in [7, 11) is 0. The molecule has 2 heterocycles. The first-order valence-electron chi connectivity index (χ1n) is 3.81. The summed E-state index contributed by atoms with van der Waals surface area (Å²) in [5.74, 6) is 0.241. The number of carbonyl (C=O) groups is 1. The quantitative estimate of drug-likeness (QED) is 0.569. The second kappa shape index (κ2) is 2.38. The standard InChI is InChI=1S/C7H11NO2S/c1-4(9)5-3-8-6(10)2-7(8)11-5/h4-5,7,9H,2-3H2,1H3/t4?,5?,7-/m1/s1. The van der Waals surface area contributed by atoms with E-state index >= 15 is 0 Å². The number of amides is 1. The van der Waals surface area contributed by atoms with Crippen LogP contribution in [0.3, 0.4) is 0 Å². The maximum Gasteiger partial charge on any atom is 0.226 e. The van der Waals surface area contributed by atoms with E-state index in [0.717, 1.165) is 6.54 Å². The summed E-state index contributed by atoms with van der Waals surface area (Å²) < 4.78 is 0. The maximum absolute atomic E-state index is 10.9. The second-order valence-corrected chi connectivity index (χ2v) is 4.54. The van der Waals surface area contributed by atoms with E-state index in [1.54, 1.807) is 18.7 Å². The highest BCUT2D eigenvalue weighted by Crippen LogP contribution is 2.40. The minimum atomic E-state index is -0.293. The van der Waals surface area contributed by atoms with Gasteiger partial charge < -0.3 is 10.0 Å². The summed E-state index contributed by atoms with van der Waals surface area (Å²) in [6, 6.07) is 0. The van der Waals surface area contributed by atoms with Gasteiger partial charge in [-0.1, -0.05) is 0 Å². The van der Waals surface area contributed by atoms with Crippen LogP contribution in [0.15, 0.2) is 0 Å². The smallest absolute Gasteiger partial charge is 0.226 e. The summed E-state index contributed by atoms with van der Waals surface area (Å²) in [6.07, 6.45) is 0.381. The molecule has 0 radical (unpaired) electrons. The van der Waals surface area contributed by atoms with Crippen molar-refractivity contribution in [2.24, 2.45) is 0 Å². The second-order valence-electron chi connectivity index (χ2n) is 3.12. The number of thioether (sulfide) groups is 1. The lowest BCUT2D eigenvalue weighted by molar-refractivity contribution is -0.140. The molecule has 62 valence electrons. The number of rotatable bonds is 1. The molecule has 0 aromatic rings. The van der Waals surface area contributed by atoms with Crippen molar-refractivity contribution < 1.29 is 9.90 Å². The van der Waals surface area contributed by atoms with Gasteiger partial charge in [-0.15, -0.1) is 11.8 Å². The normalized spacial score (nSPS) is 38.4. The van der Waals surface area contributed by atoms with Crippen LogP contribution in [0.5, 0.6) is 0 Å². The third-order valence-electron chi connectivity index (χ3n) is 2.26. The van der Waals surface area contributed by atoms with Crippen molar-refractivity contribution in [2.45, 2.75) is 30.1 Å². The first-order valence-corrected chi connectivity index (χ1v) is 4.76. The van der Waals surface area contributed by atoms with Gasteiger partial charge in [0.1, 0.15) is 0 Å². The molecule has 3 nitrogen and oxygen atoms in total. The van der Waals surface area contributed by atoms with Crippen LogP contribution >= 0.6 is 11.8 Å². The Morgan fingerprint density at radius 3 is 3.00 bits per heavy atom. The predicted molar refractivity (Wildman–Crippen MR) is 43.2 cm³/mol. The lowest BCUT2D eigenvalue weighted by Gasteiger charge is -2.32. The van der Waals surface area contributed by atoms with Crippen molar-refractivity contribution in [3.63, 3.8) is 0 Å². The first kappa shape index (κ1) is 7.43. The summed E-state index contributed by atoms with van der Waals surface area (Å²) in [5, 5.41) is 9.86. The van der Waals surface area contributed by atoms with Crippen LogP contribution in [0.1, 0.15) is 13.3 Å². The molecule has 2 fully saturated rings. The van der Waals surface area contributed by atoms with Gasteiger partial charge >= 0.3 is 0 Å². The van der Waals surface area contributed by atoms with E-state index in [9.17, 15) is 9.90 Å². The van der Waals surface area contributed by atoms with Crippen molar-refractivity contribution in [3.8, 4) is 0 Å². The maximum atomic E-state index is 10.9. The van der Waals surface area contributed by atoms with Crippen molar-refractivity contribution in [3.05, 3.63) is 0 Å². The SMILES string of the molecule is CC(O)C1CN2C(=O)C[C@H]2S1. The fraction of sp³-hybridized carbons (Fsp3) is 0.857. The Kier molecular flexibility index (Phi) is 1.61. The van der Waals surface area contributed by atoms with Crippen LogP contribution in [-0.4, -0.2) is 39.2 Å². The Morgan fingerprint density at radius 2 is 2.55 bits per heavy atom. The zero-order chi connectivity index (χ0) is 8.01. The largest absolute Gasteiger partial charge is 0.392 e. The molecule has 2 aliphatic heterocycles. The van der Waals surface area contributed by atoms with Crippen LogP contribution in [0.4, 0.5) is 0 Å². The molecule has 2 saturated heterocycles. The van der Waals surface area contributed by atoms with E-state index in [0.29, 0.717) is 11.8 Å². The Morgan fingerprint density at radius 1 is 1.82 bits per heavy atom. The Labute approximate surface area is 69.8 Å². The molecule has 2 rings (SSSR count). The van der Waals surface area contributed by atoms with Crippen molar-refractivity contribution in [2.75, 3.05) is 6.54 Å². The van der Waals surface area contributed by atoms with Crippen LogP contribution in [0, 0.1) is 0 Å². The van der Waals surface area contributed by atoms with Crippen molar-refractivity contribution >= 4 is 17.7 Å². The van der Waals surface area contributed by atoms with Gasteiger partial charge in [0.2, 0.25) is 5.91 Å². The average Bonchev–Trinajstić information content (AvgIpc) is 2.26. The van der Waals surface area contributed by atoms with Crippen LogP contribution in [0.25, 0.3) is 0 Å². The number of nitrogens with zero attached hydrogens (tertiary/aromatic N) is 1. The number of hydrogen-bond acceptors (Lipinski definition) is 3. The van der Waals surface area contributed by atoms with Gasteiger partial charge in [0.15, 0.2) is 0 Å². The van der Waals surface area contributed by atoms with Gasteiger partial charge in [0.05, 0.1) is 23.1 Å². The molecule has 0 aromatic carbocycles. The van der Waals surface area contributed by atoms with E-state index in [1.165, 1.54) is 0 Å². The fourth-order valence-electron chi connectivity index (χ4n) is 1.47. The molecule has 0 spiro atoms. The highest BCUT2D eigenvalue weighted by Gasteiger charge is 2.45. The molecule has 0 bridgehead atoms. The minimum Gasteiger partial charge on any atom is -0.392 e. The molecular weight excluding hydrogens is 162 g/mol. The molecule has 11 heavy (non-hydrogen) atoms. The Balaban J connectivity index is 1.98. The van der Waals surface area contributed by atoms with E-state index in [4.69, 9.17) is 0 Å². The first-order chi connectivity index (χ1) is 5.18. The fourth-order valence-corrected chi connectivity index (χ4v) is 2.94. The Hall–Kier alpha value is -0.220. The minimum absolute atomic E-state index is 0.241. The van der Waals surface area contributed by atoms with Gasteiger partial charge in [-0.05, 0) is 6.92 Å². The number of aliphatic hydroxyl groups excluding tert-OH is 1. The molecule has 2 unspecified atom stereocenters. The summed E-state index contributed by atoms with van der Waals surface area (Å²) in [5.41, 5.74) is 0. The monoisotopic (exact) mass is 173 g/mol. The summed E-state index contributed by atoms with van der Waals surface area (Å²) >= 11 is 1.73. The highest BCUT2D eigenvalue weighted by molar-refractivity contribution is 8.00. The zero-order valence-corrected chi connectivity index (χ0v) is 7.17. The summed E-state index contributed by atoms with van der Waals surface area (Å²) in [6.45, 7) is 2.53. The molecule has 1 amide bonds. The number of hydrogen-bond donors (Lipinski definition) is 1. The van der Waals surface area contributed by atoms with Gasteiger partial charge in [0, 0.05) is 6.54 Å². The average molecular weight is 173 g/mol. The highest BCUT2D eigenvalue weighted by atomic mass is 32.2.